The molecule has 0 radical (unpaired) electrons. The third-order valence-electron chi connectivity index (χ3n) is 3.76. The van der Waals surface area contributed by atoms with Crippen molar-refractivity contribution in [2.24, 2.45) is 0 Å². The van der Waals surface area contributed by atoms with Crippen LogP contribution in [0.25, 0.3) is 0 Å². The Balaban J connectivity index is 2.21. The molecule has 20 heavy (non-hydrogen) atoms. The molecule has 1 unspecified atom stereocenters. The lowest BCUT2D eigenvalue weighted by atomic mass is 10.0. The van der Waals surface area contributed by atoms with Gasteiger partial charge < -0.3 is 19.7 Å². The summed E-state index contributed by atoms with van der Waals surface area (Å²) >= 11 is 0. The van der Waals surface area contributed by atoms with Gasteiger partial charge in [0.05, 0.1) is 18.3 Å². The maximum Gasteiger partial charge on any atom is 0.184 e. The Bertz CT molecular complexity index is 294. The van der Waals surface area contributed by atoms with Crippen molar-refractivity contribution in [2.45, 2.75) is 90.0 Å². The number of hydrogen-bond acceptors (Lipinski definition) is 5. The highest BCUT2D eigenvalue weighted by molar-refractivity contribution is 5.77. The van der Waals surface area contributed by atoms with Crippen molar-refractivity contribution >= 4 is 5.78 Å². The van der Waals surface area contributed by atoms with E-state index in [-0.39, 0.29) is 18.6 Å². The van der Waals surface area contributed by atoms with Crippen LogP contribution in [0.3, 0.4) is 0 Å². The molecule has 0 saturated carbocycles. The van der Waals surface area contributed by atoms with E-state index in [1.165, 1.54) is 0 Å². The average molecular weight is 288 g/mol. The normalized spacial score (nSPS) is 32.0. The van der Waals surface area contributed by atoms with Crippen LogP contribution in [0, 0.1) is 0 Å². The van der Waals surface area contributed by atoms with Crippen molar-refractivity contribution in [1.29, 1.82) is 0 Å². The number of rotatable bonds is 8. The monoisotopic (exact) mass is 288 g/mol. The lowest BCUT2D eigenvalue weighted by Gasteiger charge is -2.36. The number of aliphatic hydroxyl groups is 2. The molecule has 1 fully saturated rings. The maximum absolute atomic E-state index is 11.2. The zero-order chi connectivity index (χ0) is 15.1. The smallest absolute Gasteiger partial charge is 0.184 e. The predicted octanol–water partition coefficient (Wildman–Crippen LogP) is 1.79. The molecule has 118 valence electrons. The van der Waals surface area contributed by atoms with E-state index in [4.69, 9.17) is 9.47 Å². The fraction of sp³-hybridized carbons (Fsp3) is 0.933. The largest absolute Gasteiger partial charge is 0.390 e. The summed E-state index contributed by atoms with van der Waals surface area (Å²) < 4.78 is 11.2. The van der Waals surface area contributed by atoms with E-state index in [0.29, 0.717) is 18.6 Å². The van der Waals surface area contributed by atoms with Crippen molar-refractivity contribution < 1.29 is 24.5 Å². The van der Waals surface area contributed by atoms with Crippen LogP contribution in [0.1, 0.15) is 59.3 Å². The van der Waals surface area contributed by atoms with Crippen LogP contribution in [0.4, 0.5) is 0 Å². The molecule has 1 heterocycles. The van der Waals surface area contributed by atoms with Gasteiger partial charge >= 0.3 is 0 Å². The highest BCUT2D eigenvalue weighted by Crippen LogP contribution is 2.23. The molecule has 0 amide bonds. The maximum atomic E-state index is 11.2. The summed E-state index contributed by atoms with van der Waals surface area (Å²) in [5.74, 6) is 0.299. The summed E-state index contributed by atoms with van der Waals surface area (Å²) in [7, 11) is 0. The minimum Gasteiger partial charge on any atom is -0.390 e. The zero-order valence-corrected chi connectivity index (χ0v) is 12.7. The number of aliphatic hydroxyl groups excluding tert-OH is 2. The van der Waals surface area contributed by atoms with Gasteiger partial charge in [-0.3, -0.25) is 4.79 Å². The van der Waals surface area contributed by atoms with Gasteiger partial charge in [-0.15, -0.1) is 0 Å². The average Bonchev–Trinajstić information content (AvgIpc) is 2.40. The number of Topliss-reactive ketones (excluding diaryl/α,β-unsaturated/α-hetero) is 1. The molecule has 5 heteroatoms. The second-order valence-corrected chi connectivity index (χ2v) is 5.66. The Morgan fingerprint density at radius 2 is 2.05 bits per heavy atom. The van der Waals surface area contributed by atoms with Crippen molar-refractivity contribution in [3.63, 3.8) is 0 Å². The van der Waals surface area contributed by atoms with Gasteiger partial charge in [0.25, 0.3) is 0 Å². The number of carbonyl (C=O) groups is 1. The quantitative estimate of drug-likeness (QED) is 0.666. The molecular formula is C15H28O5. The Morgan fingerprint density at radius 1 is 1.35 bits per heavy atom. The van der Waals surface area contributed by atoms with E-state index in [1.807, 2.05) is 13.8 Å². The van der Waals surface area contributed by atoms with E-state index in [2.05, 4.69) is 0 Å². The van der Waals surface area contributed by atoms with Gasteiger partial charge in [-0.25, -0.2) is 0 Å². The molecular weight excluding hydrogens is 260 g/mol. The Hall–Kier alpha value is -0.490. The van der Waals surface area contributed by atoms with E-state index in [1.54, 1.807) is 6.92 Å². The van der Waals surface area contributed by atoms with E-state index >= 15 is 0 Å². The van der Waals surface area contributed by atoms with Gasteiger partial charge in [-0.05, 0) is 26.7 Å². The van der Waals surface area contributed by atoms with Crippen molar-refractivity contribution in [2.75, 3.05) is 0 Å². The van der Waals surface area contributed by atoms with Crippen LogP contribution >= 0.6 is 0 Å². The fourth-order valence-corrected chi connectivity index (χ4v) is 2.29. The van der Waals surface area contributed by atoms with Gasteiger partial charge in [-0.2, -0.15) is 0 Å². The van der Waals surface area contributed by atoms with Crippen LogP contribution in [-0.2, 0) is 14.3 Å². The zero-order valence-electron chi connectivity index (χ0n) is 12.7. The predicted molar refractivity (Wildman–Crippen MR) is 75.3 cm³/mol. The molecule has 1 rings (SSSR count). The molecule has 0 aromatic carbocycles. The summed E-state index contributed by atoms with van der Waals surface area (Å²) in [5.41, 5.74) is 0. The Morgan fingerprint density at radius 3 is 2.70 bits per heavy atom. The Labute approximate surface area is 121 Å². The molecule has 1 aliphatic heterocycles. The Kier molecular flexibility index (Phi) is 7.66. The van der Waals surface area contributed by atoms with Gasteiger partial charge in [-0.1, -0.05) is 13.3 Å². The topological polar surface area (TPSA) is 76.0 Å². The first-order valence-corrected chi connectivity index (χ1v) is 7.62. The molecule has 0 aliphatic carbocycles. The van der Waals surface area contributed by atoms with Gasteiger partial charge in [0, 0.05) is 19.3 Å². The van der Waals surface area contributed by atoms with Crippen LogP contribution < -0.4 is 0 Å². The minimum atomic E-state index is -0.787. The summed E-state index contributed by atoms with van der Waals surface area (Å²) in [6, 6.07) is 0. The first-order chi connectivity index (χ1) is 9.43. The second-order valence-electron chi connectivity index (χ2n) is 5.66. The molecule has 0 aromatic heterocycles. The van der Waals surface area contributed by atoms with E-state index < -0.39 is 18.5 Å². The fourth-order valence-electron chi connectivity index (χ4n) is 2.29. The van der Waals surface area contributed by atoms with Crippen molar-refractivity contribution in [3.8, 4) is 0 Å². The third kappa shape index (κ3) is 5.87. The van der Waals surface area contributed by atoms with E-state index in [0.717, 1.165) is 19.3 Å². The molecule has 1 aliphatic rings. The first kappa shape index (κ1) is 17.6. The standard InChI is InChI=1S/C15H28O5/c1-4-12(16)8-6-5-7-10(2)19-15-14(18)9-13(17)11(3)20-15/h10-11,13-15,17-18H,4-9H2,1-3H3/t10-,11?,13-,14+,15-/m1/s1. The molecule has 5 atom stereocenters. The van der Waals surface area contributed by atoms with E-state index in [9.17, 15) is 15.0 Å². The van der Waals surface area contributed by atoms with Crippen molar-refractivity contribution in [1.82, 2.24) is 0 Å². The minimum absolute atomic E-state index is 0.0335. The number of ketones is 1. The summed E-state index contributed by atoms with van der Waals surface area (Å²) in [5, 5.41) is 19.4. The second kappa shape index (κ2) is 8.72. The molecule has 0 spiro atoms. The van der Waals surface area contributed by atoms with Gasteiger partial charge in [0.2, 0.25) is 0 Å². The van der Waals surface area contributed by atoms with Crippen LogP contribution in [0.15, 0.2) is 0 Å². The van der Waals surface area contributed by atoms with Crippen LogP contribution in [-0.4, -0.2) is 46.7 Å². The SMILES string of the molecule is CCC(=O)CCCC[C@@H](C)O[C@@H]1OC(C)[C@H](O)C[C@@H]1O. The van der Waals surface area contributed by atoms with Crippen LogP contribution in [0.2, 0.25) is 0 Å². The molecule has 1 saturated heterocycles. The lowest BCUT2D eigenvalue weighted by Crippen LogP contribution is -2.48. The summed E-state index contributed by atoms with van der Waals surface area (Å²) in [4.78, 5) is 11.2. The van der Waals surface area contributed by atoms with Crippen molar-refractivity contribution in [3.05, 3.63) is 0 Å². The number of carbonyl (C=O) groups excluding carboxylic acids is 1. The molecule has 5 nitrogen and oxygen atoms in total. The molecule has 0 aromatic rings. The number of hydrogen-bond donors (Lipinski definition) is 2. The third-order valence-corrected chi connectivity index (χ3v) is 3.76. The van der Waals surface area contributed by atoms with Gasteiger partial charge in [0.15, 0.2) is 6.29 Å². The first-order valence-electron chi connectivity index (χ1n) is 7.62. The molecule has 2 N–H and O–H groups in total. The summed E-state index contributed by atoms with van der Waals surface area (Å²) in [6.45, 7) is 5.59. The highest BCUT2D eigenvalue weighted by atomic mass is 16.7. The lowest BCUT2D eigenvalue weighted by molar-refractivity contribution is -0.273. The highest BCUT2D eigenvalue weighted by Gasteiger charge is 2.35. The number of ether oxygens (including phenoxy) is 2. The number of unbranched alkanes of at least 4 members (excludes halogenated alkanes) is 1. The van der Waals surface area contributed by atoms with Crippen LogP contribution in [0.5, 0.6) is 0 Å². The molecule has 0 bridgehead atoms. The van der Waals surface area contributed by atoms with Gasteiger partial charge in [0.1, 0.15) is 11.9 Å². The summed E-state index contributed by atoms with van der Waals surface area (Å²) in [6.07, 6.45) is 1.71.